The highest BCUT2D eigenvalue weighted by Crippen LogP contribution is 2.31. The maximum absolute atomic E-state index is 12.0. The maximum Gasteiger partial charge on any atom is 0.573 e. The molecule has 1 aromatic rings. The summed E-state index contributed by atoms with van der Waals surface area (Å²) in [5.74, 6) is -3.34. The van der Waals surface area contributed by atoms with Crippen molar-refractivity contribution < 1.29 is 32.9 Å². The van der Waals surface area contributed by atoms with Gasteiger partial charge in [0.15, 0.2) is 11.4 Å². The van der Waals surface area contributed by atoms with Gasteiger partial charge in [-0.2, -0.15) is 0 Å². The number of aromatic carboxylic acids is 1. The number of pyridine rings is 1. The molecule has 0 aliphatic carbocycles. The Morgan fingerprint density at radius 2 is 2.12 bits per heavy atom. The Morgan fingerprint density at radius 3 is 2.53 bits per heavy atom. The lowest BCUT2D eigenvalue weighted by molar-refractivity contribution is -0.274. The van der Waals surface area contributed by atoms with Crippen molar-refractivity contribution >= 4 is 21.9 Å². The zero-order chi connectivity index (χ0) is 13.2. The van der Waals surface area contributed by atoms with Crippen molar-refractivity contribution in [3.8, 4) is 11.5 Å². The minimum atomic E-state index is -5.06. The number of carbonyl (C=O) groups is 1. The van der Waals surface area contributed by atoms with E-state index in [1.807, 2.05) is 0 Å². The highest BCUT2D eigenvalue weighted by molar-refractivity contribution is 9.08. The van der Waals surface area contributed by atoms with Gasteiger partial charge in [0.05, 0.1) is 5.69 Å². The summed E-state index contributed by atoms with van der Waals surface area (Å²) in [4.78, 5) is 14.0. The van der Waals surface area contributed by atoms with E-state index in [9.17, 15) is 23.1 Å². The fourth-order valence-corrected chi connectivity index (χ4v) is 1.39. The molecule has 2 N–H and O–H groups in total. The predicted molar refractivity (Wildman–Crippen MR) is 52.2 cm³/mol. The fourth-order valence-electron chi connectivity index (χ4n) is 0.977. The summed E-state index contributed by atoms with van der Waals surface area (Å²) in [5.41, 5.74) is -1.02. The van der Waals surface area contributed by atoms with Gasteiger partial charge in [-0.15, -0.1) is 13.2 Å². The summed E-state index contributed by atoms with van der Waals surface area (Å²) in [6.45, 7) is 0. The Kier molecular flexibility index (Phi) is 3.81. The van der Waals surface area contributed by atoms with Crippen LogP contribution < -0.4 is 4.74 Å². The number of alkyl halides is 4. The maximum atomic E-state index is 12.0. The van der Waals surface area contributed by atoms with Crippen LogP contribution in [0.5, 0.6) is 11.5 Å². The van der Waals surface area contributed by atoms with E-state index < -0.39 is 29.5 Å². The third kappa shape index (κ3) is 3.48. The van der Waals surface area contributed by atoms with Gasteiger partial charge in [-0.1, -0.05) is 15.9 Å². The molecule has 0 saturated heterocycles. The third-order valence-electron chi connectivity index (χ3n) is 1.60. The topological polar surface area (TPSA) is 79.7 Å². The number of hydrogen-bond acceptors (Lipinski definition) is 4. The number of aromatic hydroxyl groups is 1. The van der Waals surface area contributed by atoms with Gasteiger partial charge in [0.25, 0.3) is 0 Å². The number of nitrogens with zero attached hydrogens (tertiary/aromatic N) is 1. The molecule has 0 fully saturated rings. The van der Waals surface area contributed by atoms with Crippen LogP contribution in [0.25, 0.3) is 0 Å². The van der Waals surface area contributed by atoms with Crippen molar-refractivity contribution in [2.45, 2.75) is 11.7 Å². The number of halogens is 4. The minimum Gasteiger partial charge on any atom is -0.506 e. The van der Waals surface area contributed by atoms with Crippen molar-refractivity contribution in [2.24, 2.45) is 0 Å². The van der Waals surface area contributed by atoms with Gasteiger partial charge in [0, 0.05) is 11.4 Å². The molecule has 1 aromatic heterocycles. The van der Waals surface area contributed by atoms with Crippen LogP contribution in [0, 0.1) is 0 Å². The van der Waals surface area contributed by atoms with Crippen LogP contribution in [-0.4, -0.2) is 27.5 Å². The summed E-state index contributed by atoms with van der Waals surface area (Å²) in [6, 6.07) is 0.556. The van der Waals surface area contributed by atoms with E-state index in [0.29, 0.717) is 6.07 Å². The molecule has 9 heteroatoms. The third-order valence-corrected chi connectivity index (χ3v) is 2.13. The normalized spacial score (nSPS) is 11.3. The van der Waals surface area contributed by atoms with Crippen LogP contribution in [0.1, 0.15) is 16.2 Å². The molecule has 0 radical (unpaired) electrons. The highest BCUT2D eigenvalue weighted by Gasteiger charge is 2.34. The number of carboxylic acids is 1. The average Bonchev–Trinajstić information content (AvgIpc) is 2.14. The van der Waals surface area contributed by atoms with Crippen LogP contribution in [0.4, 0.5) is 13.2 Å². The molecule has 0 unspecified atom stereocenters. The second-order valence-corrected chi connectivity index (χ2v) is 3.35. The quantitative estimate of drug-likeness (QED) is 0.836. The first kappa shape index (κ1) is 13.6. The first-order valence-corrected chi connectivity index (χ1v) is 5.14. The summed E-state index contributed by atoms with van der Waals surface area (Å²) in [6.07, 6.45) is -5.06. The van der Waals surface area contributed by atoms with Gasteiger partial charge >= 0.3 is 12.3 Å². The van der Waals surface area contributed by atoms with Crippen molar-refractivity contribution in [1.82, 2.24) is 4.98 Å². The van der Waals surface area contributed by atoms with E-state index in [2.05, 4.69) is 25.7 Å². The summed E-state index contributed by atoms with van der Waals surface area (Å²) in [7, 11) is 0. The smallest absolute Gasteiger partial charge is 0.506 e. The monoisotopic (exact) mass is 315 g/mol. The van der Waals surface area contributed by atoms with Crippen LogP contribution in [0.3, 0.4) is 0 Å². The lowest BCUT2D eigenvalue weighted by Crippen LogP contribution is -2.20. The molecular weight excluding hydrogens is 311 g/mol. The second-order valence-electron chi connectivity index (χ2n) is 2.79. The molecule has 0 aliphatic heterocycles. The first-order valence-electron chi connectivity index (χ1n) is 4.02. The Labute approximate surface area is 101 Å². The zero-order valence-corrected chi connectivity index (χ0v) is 9.54. The first-order chi connectivity index (χ1) is 7.74. The molecule has 0 atom stereocenters. The van der Waals surface area contributed by atoms with Gasteiger partial charge in [-0.3, -0.25) is 0 Å². The zero-order valence-electron chi connectivity index (χ0n) is 7.95. The van der Waals surface area contributed by atoms with Gasteiger partial charge in [-0.05, 0) is 0 Å². The van der Waals surface area contributed by atoms with E-state index in [0.717, 1.165) is 0 Å². The predicted octanol–water partition coefficient (Wildman–Crippen LogP) is 2.28. The fraction of sp³-hybridized carbons (Fsp3) is 0.250. The lowest BCUT2D eigenvalue weighted by atomic mass is 10.2. The average molecular weight is 316 g/mol. The van der Waals surface area contributed by atoms with Crippen LogP contribution in [0.15, 0.2) is 6.07 Å². The van der Waals surface area contributed by atoms with Crippen LogP contribution in [0.2, 0.25) is 0 Å². The van der Waals surface area contributed by atoms with E-state index in [1.165, 1.54) is 0 Å². The SMILES string of the molecule is O=C(O)c1nc(CBr)c(O)cc1OC(F)(F)F. The molecule has 0 amide bonds. The second kappa shape index (κ2) is 4.78. The van der Waals surface area contributed by atoms with E-state index in [-0.39, 0.29) is 11.0 Å². The van der Waals surface area contributed by atoms with Crippen molar-refractivity contribution in [3.63, 3.8) is 0 Å². The molecule has 0 spiro atoms. The van der Waals surface area contributed by atoms with Gasteiger partial charge in [-0.25, -0.2) is 9.78 Å². The molecule has 0 aliphatic rings. The molecular formula is C8H5BrF3NO4. The molecule has 5 nitrogen and oxygen atoms in total. The van der Waals surface area contributed by atoms with Crippen molar-refractivity contribution in [3.05, 3.63) is 17.5 Å². The Morgan fingerprint density at radius 1 is 1.53 bits per heavy atom. The summed E-state index contributed by atoms with van der Waals surface area (Å²) >= 11 is 2.90. The standard InChI is InChI=1S/C8H5BrF3NO4/c9-2-3-4(14)1-5(17-8(10,11)12)6(13-3)7(15)16/h1,14H,2H2,(H,15,16). The van der Waals surface area contributed by atoms with Crippen molar-refractivity contribution in [1.29, 1.82) is 0 Å². The molecule has 17 heavy (non-hydrogen) atoms. The molecule has 0 bridgehead atoms. The lowest BCUT2D eigenvalue weighted by Gasteiger charge is -2.12. The Hall–Kier alpha value is -1.51. The number of aromatic nitrogens is 1. The Bertz CT molecular complexity index is 449. The van der Waals surface area contributed by atoms with Crippen LogP contribution >= 0.6 is 15.9 Å². The van der Waals surface area contributed by atoms with E-state index >= 15 is 0 Å². The molecule has 1 heterocycles. The Balaban J connectivity index is 3.28. The number of carboxylic acid groups (broad SMARTS) is 1. The number of rotatable bonds is 3. The molecule has 0 aromatic carbocycles. The van der Waals surface area contributed by atoms with Gasteiger partial charge < -0.3 is 14.9 Å². The van der Waals surface area contributed by atoms with E-state index in [4.69, 9.17) is 5.11 Å². The minimum absolute atomic E-state index is 0.00852. The summed E-state index contributed by atoms with van der Waals surface area (Å²) in [5, 5.41) is 17.9. The van der Waals surface area contributed by atoms with Gasteiger partial charge in [0.1, 0.15) is 5.75 Å². The number of ether oxygens (including phenoxy) is 1. The van der Waals surface area contributed by atoms with Crippen molar-refractivity contribution in [2.75, 3.05) is 0 Å². The molecule has 94 valence electrons. The van der Waals surface area contributed by atoms with Gasteiger partial charge in [0.2, 0.25) is 0 Å². The largest absolute Gasteiger partial charge is 0.573 e. The highest BCUT2D eigenvalue weighted by atomic mass is 79.9. The van der Waals surface area contributed by atoms with E-state index in [1.54, 1.807) is 0 Å². The van der Waals surface area contributed by atoms with Crippen LogP contribution in [-0.2, 0) is 5.33 Å². The molecule has 0 saturated carbocycles. The molecule has 1 rings (SSSR count). The summed E-state index contributed by atoms with van der Waals surface area (Å²) < 4.78 is 39.4. The number of hydrogen-bond donors (Lipinski definition) is 2.